The molecular formula is C26H31FN4O5. The molecule has 2 heterocycles. The molecule has 2 aromatic carbocycles. The number of amides is 3. The van der Waals surface area contributed by atoms with E-state index in [9.17, 15) is 18.8 Å². The molecule has 0 bridgehead atoms. The summed E-state index contributed by atoms with van der Waals surface area (Å²) in [7, 11) is 5.34. The molecule has 2 aliphatic rings. The third-order valence-corrected chi connectivity index (χ3v) is 6.30. The Morgan fingerprint density at radius 1 is 1.06 bits per heavy atom. The highest BCUT2D eigenvalue weighted by Gasteiger charge is 2.39. The number of hydrogen-bond acceptors (Lipinski definition) is 6. The van der Waals surface area contributed by atoms with Gasteiger partial charge in [-0.15, -0.1) is 0 Å². The van der Waals surface area contributed by atoms with Crippen LogP contribution in [0.1, 0.15) is 29.6 Å². The Morgan fingerprint density at radius 3 is 2.47 bits per heavy atom. The molecule has 2 aliphatic heterocycles. The van der Waals surface area contributed by atoms with Crippen molar-refractivity contribution in [2.75, 3.05) is 44.9 Å². The lowest BCUT2D eigenvalue weighted by Crippen LogP contribution is -2.53. The molecule has 10 heteroatoms. The van der Waals surface area contributed by atoms with E-state index in [4.69, 9.17) is 9.47 Å². The summed E-state index contributed by atoms with van der Waals surface area (Å²) in [5, 5.41) is 5.56. The molecule has 0 aliphatic carbocycles. The largest absolute Gasteiger partial charge is 0.490 e. The summed E-state index contributed by atoms with van der Waals surface area (Å²) in [5.41, 5.74) is 1.41. The Labute approximate surface area is 209 Å². The van der Waals surface area contributed by atoms with Crippen molar-refractivity contribution in [3.05, 3.63) is 53.8 Å². The van der Waals surface area contributed by atoms with Crippen LogP contribution in [-0.2, 0) is 14.3 Å². The maximum atomic E-state index is 13.3. The second kappa shape index (κ2) is 11.0. The quantitative estimate of drug-likeness (QED) is 0.636. The van der Waals surface area contributed by atoms with Crippen molar-refractivity contribution in [2.24, 2.45) is 0 Å². The van der Waals surface area contributed by atoms with Gasteiger partial charge < -0.3 is 29.9 Å². The number of carbonyl (C=O) groups is 3. The maximum Gasteiger partial charge on any atom is 0.257 e. The van der Waals surface area contributed by atoms with E-state index in [0.717, 1.165) is 0 Å². The predicted molar refractivity (Wildman–Crippen MR) is 133 cm³/mol. The number of benzene rings is 2. The Balaban J connectivity index is 1.41. The normalized spacial score (nSPS) is 21.5. The molecule has 0 aromatic heterocycles. The number of anilines is 2. The average molecular weight is 499 g/mol. The van der Waals surface area contributed by atoms with E-state index in [1.165, 1.54) is 24.3 Å². The highest BCUT2D eigenvalue weighted by Crippen LogP contribution is 2.32. The van der Waals surface area contributed by atoms with E-state index in [0.29, 0.717) is 35.5 Å². The molecule has 0 spiro atoms. The summed E-state index contributed by atoms with van der Waals surface area (Å²) in [6.45, 7) is 0.448. The van der Waals surface area contributed by atoms with Crippen LogP contribution in [0.4, 0.5) is 15.8 Å². The van der Waals surface area contributed by atoms with Gasteiger partial charge in [0.15, 0.2) is 0 Å². The van der Waals surface area contributed by atoms with E-state index in [2.05, 4.69) is 10.6 Å². The molecule has 192 valence electrons. The molecule has 4 rings (SSSR count). The van der Waals surface area contributed by atoms with Crippen LogP contribution in [0.15, 0.2) is 42.5 Å². The molecule has 36 heavy (non-hydrogen) atoms. The Hall–Kier alpha value is -3.50. The first kappa shape index (κ1) is 25.6. The molecule has 2 aromatic rings. The topological polar surface area (TPSA) is 100 Å². The van der Waals surface area contributed by atoms with Crippen LogP contribution in [-0.4, -0.2) is 80.1 Å². The molecule has 1 saturated heterocycles. The monoisotopic (exact) mass is 498 g/mol. The van der Waals surface area contributed by atoms with Crippen LogP contribution in [0.2, 0.25) is 0 Å². The van der Waals surface area contributed by atoms with Gasteiger partial charge in [0, 0.05) is 18.4 Å². The lowest BCUT2D eigenvalue weighted by atomic mass is 9.94. The van der Waals surface area contributed by atoms with Crippen LogP contribution in [0, 0.1) is 5.82 Å². The first-order valence-electron chi connectivity index (χ1n) is 11.9. The number of rotatable bonds is 6. The minimum Gasteiger partial charge on any atom is -0.490 e. The minimum atomic E-state index is -0.399. The highest BCUT2D eigenvalue weighted by atomic mass is 19.1. The van der Waals surface area contributed by atoms with Gasteiger partial charge in [-0.2, -0.15) is 0 Å². The molecule has 0 radical (unpaired) electrons. The summed E-state index contributed by atoms with van der Waals surface area (Å²) >= 11 is 0. The van der Waals surface area contributed by atoms with Gasteiger partial charge in [0.25, 0.3) is 5.91 Å². The number of fused-ring (bicyclic) bond motifs is 2. The van der Waals surface area contributed by atoms with Gasteiger partial charge in [-0.3, -0.25) is 14.4 Å². The molecule has 1 fully saturated rings. The van der Waals surface area contributed by atoms with Gasteiger partial charge in [-0.05, 0) is 69.4 Å². The summed E-state index contributed by atoms with van der Waals surface area (Å²) in [5.74, 6) is -0.585. The van der Waals surface area contributed by atoms with Crippen LogP contribution in [0.5, 0.6) is 5.75 Å². The summed E-state index contributed by atoms with van der Waals surface area (Å²) in [6, 6.07) is 10.4. The number of carbonyl (C=O) groups excluding carboxylic acids is 3. The zero-order valence-corrected chi connectivity index (χ0v) is 20.6. The van der Waals surface area contributed by atoms with Crippen LogP contribution in [0.25, 0.3) is 0 Å². The van der Waals surface area contributed by atoms with Crippen LogP contribution < -0.4 is 15.4 Å². The fraction of sp³-hybridized carbons (Fsp3) is 0.423. The molecule has 0 saturated carbocycles. The van der Waals surface area contributed by atoms with E-state index < -0.39 is 6.10 Å². The number of halogens is 1. The number of likely N-dealkylation sites (N-methyl/N-ethyl adjacent to an activating group) is 2. The van der Waals surface area contributed by atoms with Gasteiger partial charge >= 0.3 is 0 Å². The fourth-order valence-corrected chi connectivity index (χ4v) is 4.55. The first-order chi connectivity index (χ1) is 17.2. The minimum absolute atomic E-state index is 0.144. The molecule has 3 atom stereocenters. The average Bonchev–Trinajstić information content (AvgIpc) is 2.82. The summed E-state index contributed by atoms with van der Waals surface area (Å²) in [4.78, 5) is 41.4. The molecule has 9 nitrogen and oxygen atoms in total. The van der Waals surface area contributed by atoms with Gasteiger partial charge in [0.2, 0.25) is 11.8 Å². The van der Waals surface area contributed by atoms with E-state index in [-0.39, 0.29) is 55.3 Å². The van der Waals surface area contributed by atoms with Gasteiger partial charge in [0.05, 0.1) is 30.7 Å². The van der Waals surface area contributed by atoms with Crippen molar-refractivity contribution in [3.63, 3.8) is 0 Å². The molecule has 0 unspecified atom stereocenters. The first-order valence-corrected chi connectivity index (χ1v) is 11.9. The lowest BCUT2D eigenvalue weighted by Gasteiger charge is -2.42. The van der Waals surface area contributed by atoms with Crippen molar-refractivity contribution in [3.8, 4) is 5.75 Å². The smallest absolute Gasteiger partial charge is 0.257 e. The van der Waals surface area contributed by atoms with Gasteiger partial charge in [0.1, 0.15) is 24.3 Å². The highest BCUT2D eigenvalue weighted by molar-refractivity contribution is 6.00. The van der Waals surface area contributed by atoms with E-state index in [1.54, 1.807) is 49.1 Å². The number of ether oxygens (including phenoxy) is 2. The van der Waals surface area contributed by atoms with Crippen molar-refractivity contribution in [1.29, 1.82) is 0 Å². The number of nitrogens with one attached hydrogen (secondary N) is 2. The van der Waals surface area contributed by atoms with Crippen molar-refractivity contribution >= 4 is 29.1 Å². The van der Waals surface area contributed by atoms with Crippen LogP contribution in [0.3, 0.4) is 0 Å². The predicted octanol–water partition coefficient (Wildman–Crippen LogP) is 2.74. The molecular weight excluding hydrogens is 467 g/mol. The number of hydrogen-bond donors (Lipinski definition) is 2. The van der Waals surface area contributed by atoms with Crippen LogP contribution >= 0.6 is 0 Å². The molecule has 3 amide bonds. The zero-order valence-electron chi connectivity index (χ0n) is 20.6. The van der Waals surface area contributed by atoms with Gasteiger partial charge in [-0.1, -0.05) is 0 Å². The lowest BCUT2D eigenvalue weighted by molar-refractivity contribution is -0.130. The Bertz CT molecular complexity index is 1120. The number of nitrogens with zero attached hydrogens (tertiary/aromatic N) is 2. The third kappa shape index (κ3) is 6.19. The third-order valence-electron chi connectivity index (χ3n) is 6.30. The summed E-state index contributed by atoms with van der Waals surface area (Å²) < 4.78 is 25.3. The Kier molecular flexibility index (Phi) is 7.85. The maximum absolute atomic E-state index is 13.3. The van der Waals surface area contributed by atoms with Gasteiger partial charge in [-0.25, -0.2) is 4.39 Å². The van der Waals surface area contributed by atoms with Crippen molar-refractivity contribution in [1.82, 2.24) is 9.80 Å². The second-order valence-corrected chi connectivity index (χ2v) is 9.42. The van der Waals surface area contributed by atoms with Crippen molar-refractivity contribution < 1.29 is 28.2 Å². The molecule has 2 N–H and O–H groups in total. The fourth-order valence-electron chi connectivity index (χ4n) is 4.55. The standard InChI is InChI=1S/C26H31FN4O5/c1-30(2)14-25(33)29-18-8-11-22-20(12-18)26(34)31(3)21-10-9-19(36-23(21)15-35-22)13-24(32)28-17-6-4-16(27)5-7-17/h4-8,11-12,19,21,23H,9-10,13-15H2,1-3H3,(H,28,32)(H,29,33)/t19-,21+,23-/m1/s1. The zero-order chi connectivity index (χ0) is 25.8. The Morgan fingerprint density at radius 2 is 1.75 bits per heavy atom. The van der Waals surface area contributed by atoms with E-state index >= 15 is 0 Å². The van der Waals surface area contributed by atoms with E-state index in [1.807, 2.05) is 0 Å². The second-order valence-electron chi connectivity index (χ2n) is 9.42. The summed E-state index contributed by atoms with van der Waals surface area (Å²) in [6.07, 6.45) is 0.670. The van der Waals surface area contributed by atoms with Crippen molar-refractivity contribution in [2.45, 2.75) is 37.5 Å². The SMILES string of the molecule is CN(C)CC(=O)Nc1ccc2c(c1)C(=O)N(C)[C@H]1CC[C@H](CC(=O)Nc3ccc(F)cc3)O[C@@H]1CO2.